The molecule has 30 heavy (non-hydrogen) atoms. The standard InChI is InChI=1S/C21H28N8O/c1-2-17-21(28-8-5-15(30)12-28)27-18-16(10-24-20(22)19(18)26-17)13-9-25-29(11-13)14-3-6-23-7-4-14/h9-11,14-15,23,30H,2-8,12H2,1H3,(H2,22,24). The lowest BCUT2D eigenvalue weighted by Crippen LogP contribution is -2.29. The fourth-order valence-corrected chi connectivity index (χ4v) is 4.47. The SMILES string of the molecule is CCc1nc2c(N)ncc(-c3cnn(C4CCNCC4)c3)c2nc1N1CCC(O)C1. The van der Waals surface area contributed by atoms with Gasteiger partial charge in [0.1, 0.15) is 11.0 Å². The molecule has 3 aromatic rings. The van der Waals surface area contributed by atoms with Crippen LogP contribution in [0, 0.1) is 0 Å². The van der Waals surface area contributed by atoms with Crippen LogP contribution in [0.3, 0.4) is 0 Å². The summed E-state index contributed by atoms with van der Waals surface area (Å²) in [6.45, 7) is 5.45. The largest absolute Gasteiger partial charge is 0.391 e. The van der Waals surface area contributed by atoms with E-state index in [0.29, 0.717) is 23.9 Å². The maximum atomic E-state index is 10.0. The molecule has 0 aromatic carbocycles. The third-order valence-corrected chi connectivity index (χ3v) is 6.17. The van der Waals surface area contributed by atoms with Gasteiger partial charge in [-0.1, -0.05) is 6.92 Å². The monoisotopic (exact) mass is 408 g/mol. The van der Waals surface area contributed by atoms with E-state index in [4.69, 9.17) is 15.7 Å². The summed E-state index contributed by atoms with van der Waals surface area (Å²) in [7, 11) is 0. The summed E-state index contributed by atoms with van der Waals surface area (Å²) in [5, 5.41) is 18.0. The van der Waals surface area contributed by atoms with Gasteiger partial charge in [0.2, 0.25) is 0 Å². The normalized spacial score (nSPS) is 20.3. The number of β-amino-alcohol motifs (C(OH)–C–C–N with tert-alkyl or cyclic N) is 1. The number of aliphatic hydroxyl groups is 1. The predicted octanol–water partition coefficient (Wildman–Crippen LogP) is 1.53. The molecule has 9 nitrogen and oxygen atoms in total. The van der Waals surface area contributed by atoms with Gasteiger partial charge in [-0.2, -0.15) is 5.10 Å². The molecule has 9 heteroatoms. The van der Waals surface area contributed by atoms with Gasteiger partial charge in [-0.25, -0.2) is 15.0 Å². The number of nitrogens with zero attached hydrogens (tertiary/aromatic N) is 6. The lowest BCUT2D eigenvalue weighted by molar-refractivity contribution is 0.198. The Morgan fingerprint density at radius 2 is 2.00 bits per heavy atom. The minimum Gasteiger partial charge on any atom is -0.391 e. The van der Waals surface area contributed by atoms with Crippen molar-refractivity contribution in [1.29, 1.82) is 0 Å². The zero-order valence-corrected chi connectivity index (χ0v) is 17.3. The van der Waals surface area contributed by atoms with Crippen LogP contribution in [0.2, 0.25) is 0 Å². The maximum absolute atomic E-state index is 10.0. The van der Waals surface area contributed by atoms with Crippen molar-refractivity contribution in [1.82, 2.24) is 30.0 Å². The van der Waals surface area contributed by atoms with E-state index in [-0.39, 0.29) is 6.10 Å². The highest BCUT2D eigenvalue weighted by Gasteiger charge is 2.26. The topological polar surface area (TPSA) is 118 Å². The predicted molar refractivity (Wildman–Crippen MR) is 116 cm³/mol. The maximum Gasteiger partial charge on any atom is 0.151 e. The van der Waals surface area contributed by atoms with Crippen molar-refractivity contribution < 1.29 is 5.11 Å². The summed E-state index contributed by atoms with van der Waals surface area (Å²) in [6.07, 6.45) is 9.04. The molecule has 3 aromatic heterocycles. The van der Waals surface area contributed by atoms with Crippen LogP contribution < -0.4 is 16.0 Å². The zero-order chi connectivity index (χ0) is 20.7. The van der Waals surface area contributed by atoms with Crippen molar-refractivity contribution in [3.05, 3.63) is 24.3 Å². The number of nitrogens with one attached hydrogen (secondary N) is 1. The van der Waals surface area contributed by atoms with Crippen LogP contribution in [0.25, 0.3) is 22.2 Å². The van der Waals surface area contributed by atoms with Crippen molar-refractivity contribution in [2.24, 2.45) is 0 Å². The highest BCUT2D eigenvalue weighted by molar-refractivity contribution is 5.96. The minimum absolute atomic E-state index is 0.322. The average molecular weight is 409 g/mol. The fourth-order valence-electron chi connectivity index (χ4n) is 4.47. The number of fused-ring (bicyclic) bond motifs is 1. The number of nitrogens with two attached hydrogens (primary N) is 1. The van der Waals surface area contributed by atoms with E-state index in [9.17, 15) is 5.11 Å². The van der Waals surface area contributed by atoms with Gasteiger partial charge >= 0.3 is 0 Å². The number of aryl methyl sites for hydroxylation is 1. The molecule has 0 spiro atoms. The van der Waals surface area contributed by atoms with Crippen LogP contribution in [0.1, 0.15) is 37.9 Å². The Kier molecular flexibility index (Phi) is 5.00. The van der Waals surface area contributed by atoms with Gasteiger partial charge in [-0.3, -0.25) is 4.68 Å². The Labute approximate surface area is 175 Å². The van der Waals surface area contributed by atoms with Gasteiger partial charge in [0.05, 0.1) is 24.0 Å². The van der Waals surface area contributed by atoms with Gasteiger partial charge in [-0.05, 0) is 38.8 Å². The van der Waals surface area contributed by atoms with Gasteiger partial charge < -0.3 is 21.1 Å². The van der Waals surface area contributed by atoms with Gasteiger partial charge in [0, 0.05) is 36.6 Å². The number of aromatic nitrogens is 5. The molecule has 0 bridgehead atoms. The van der Waals surface area contributed by atoms with Crippen LogP contribution in [0.4, 0.5) is 11.6 Å². The Bertz CT molecular complexity index is 1060. The quantitative estimate of drug-likeness (QED) is 0.595. The van der Waals surface area contributed by atoms with Crippen molar-refractivity contribution in [3.63, 3.8) is 0 Å². The van der Waals surface area contributed by atoms with Crippen molar-refractivity contribution in [3.8, 4) is 11.1 Å². The number of anilines is 2. The number of pyridine rings is 1. The third-order valence-electron chi connectivity index (χ3n) is 6.17. The molecule has 0 saturated carbocycles. The smallest absolute Gasteiger partial charge is 0.151 e. The third kappa shape index (κ3) is 3.37. The van der Waals surface area contributed by atoms with Crippen LogP contribution >= 0.6 is 0 Å². The second kappa shape index (κ2) is 7.81. The first kappa shape index (κ1) is 19.2. The molecule has 4 N–H and O–H groups in total. The highest BCUT2D eigenvalue weighted by atomic mass is 16.3. The van der Waals surface area contributed by atoms with E-state index < -0.39 is 0 Å². The molecule has 2 aliphatic rings. The fraction of sp³-hybridized carbons (Fsp3) is 0.524. The van der Waals surface area contributed by atoms with Crippen LogP contribution in [0.15, 0.2) is 18.6 Å². The summed E-state index contributed by atoms with van der Waals surface area (Å²) >= 11 is 0. The Balaban J connectivity index is 1.60. The van der Waals surface area contributed by atoms with Crippen LogP contribution in [-0.4, -0.2) is 62.1 Å². The van der Waals surface area contributed by atoms with Gasteiger partial charge in [-0.15, -0.1) is 0 Å². The van der Waals surface area contributed by atoms with Crippen LogP contribution in [-0.2, 0) is 6.42 Å². The summed E-state index contributed by atoms with van der Waals surface area (Å²) in [6, 6.07) is 0.410. The molecule has 5 heterocycles. The first-order chi connectivity index (χ1) is 14.6. The van der Waals surface area contributed by atoms with E-state index in [2.05, 4.69) is 38.1 Å². The first-order valence-electron chi connectivity index (χ1n) is 10.8. The molecule has 2 aliphatic heterocycles. The van der Waals surface area contributed by atoms with E-state index in [1.54, 1.807) is 6.20 Å². The molecule has 0 amide bonds. The molecule has 2 saturated heterocycles. The van der Waals surface area contributed by atoms with E-state index in [1.165, 1.54) is 0 Å². The molecule has 0 aliphatic carbocycles. The highest BCUT2D eigenvalue weighted by Crippen LogP contribution is 2.33. The number of hydrogen-bond donors (Lipinski definition) is 3. The molecule has 158 valence electrons. The number of piperidine rings is 1. The van der Waals surface area contributed by atoms with Crippen molar-refractivity contribution in [2.45, 2.75) is 44.8 Å². The second-order valence-electron chi connectivity index (χ2n) is 8.18. The van der Waals surface area contributed by atoms with Gasteiger partial charge in [0.15, 0.2) is 11.6 Å². The zero-order valence-electron chi connectivity index (χ0n) is 17.3. The summed E-state index contributed by atoms with van der Waals surface area (Å²) in [5.74, 6) is 1.22. The Morgan fingerprint density at radius 1 is 1.17 bits per heavy atom. The molecular formula is C21H28N8O. The summed E-state index contributed by atoms with van der Waals surface area (Å²) in [4.78, 5) is 16.4. The van der Waals surface area contributed by atoms with E-state index >= 15 is 0 Å². The van der Waals surface area contributed by atoms with Gasteiger partial charge in [0.25, 0.3) is 0 Å². The van der Waals surface area contributed by atoms with Crippen molar-refractivity contribution >= 4 is 22.7 Å². The first-order valence-corrected chi connectivity index (χ1v) is 10.8. The number of aliphatic hydroxyl groups excluding tert-OH is 1. The van der Waals surface area contributed by atoms with E-state index in [0.717, 1.165) is 73.5 Å². The lowest BCUT2D eigenvalue weighted by atomic mass is 10.1. The lowest BCUT2D eigenvalue weighted by Gasteiger charge is -2.22. The second-order valence-corrected chi connectivity index (χ2v) is 8.18. The Morgan fingerprint density at radius 3 is 2.73 bits per heavy atom. The number of hydrogen-bond acceptors (Lipinski definition) is 8. The average Bonchev–Trinajstić information content (AvgIpc) is 3.43. The molecule has 5 rings (SSSR count). The molecule has 1 atom stereocenters. The van der Waals surface area contributed by atoms with Crippen molar-refractivity contribution in [2.75, 3.05) is 36.8 Å². The number of rotatable bonds is 4. The molecule has 1 unspecified atom stereocenters. The minimum atomic E-state index is -0.322. The van der Waals surface area contributed by atoms with Crippen LogP contribution in [0.5, 0.6) is 0 Å². The number of nitrogen functional groups attached to an aromatic ring is 1. The summed E-state index contributed by atoms with van der Waals surface area (Å²) in [5.41, 5.74) is 10.3. The van der Waals surface area contributed by atoms with E-state index in [1.807, 2.05) is 6.20 Å². The summed E-state index contributed by atoms with van der Waals surface area (Å²) < 4.78 is 2.06. The molecular weight excluding hydrogens is 380 g/mol. The molecule has 2 fully saturated rings. The Hall–Kier alpha value is -2.78. The molecule has 0 radical (unpaired) electrons.